The number of aromatic nitrogens is 2. The number of rotatable bonds is 4. The van der Waals surface area contributed by atoms with Gasteiger partial charge in [-0.15, -0.1) is 0 Å². The average Bonchev–Trinajstić information content (AvgIpc) is 3.44. The summed E-state index contributed by atoms with van der Waals surface area (Å²) in [6.45, 7) is 0. The van der Waals surface area contributed by atoms with Crippen molar-refractivity contribution in [1.82, 2.24) is 9.38 Å². The number of hydrogen-bond acceptors (Lipinski definition) is 3. The van der Waals surface area contributed by atoms with E-state index in [1.807, 2.05) is 24.7 Å². The van der Waals surface area contributed by atoms with Crippen LogP contribution in [0, 0.1) is 5.92 Å². The van der Waals surface area contributed by atoms with Gasteiger partial charge in [-0.3, -0.25) is 0 Å². The van der Waals surface area contributed by atoms with E-state index in [0.29, 0.717) is 23.5 Å². The van der Waals surface area contributed by atoms with Gasteiger partial charge in [0.25, 0.3) is 0 Å². The molecular weight excluding hydrogens is 336 g/mol. The van der Waals surface area contributed by atoms with Crippen LogP contribution < -0.4 is 0 Å². The van der Waals surface area contributed by atoms with Gasteiger partial charge in [-0.1, -0.05) is 18.2 Å². The molecule has 2 saturated carbocycles. The number of aromatic hydroxyl groups is 1. The Balaban J connectivity index is 1.37. The Labute approximate surface area is 159 Å². The number of pyridine rings is 1. The second-order valence-electron chi connectivity index (χ2n) is 8.28. The Morgan fingerprint density at radius 3 is 2.30 bits per heavy atom. The summed E-state index contributed by atoms with van der Waals surface area (Å²) in [4.78, 5) is 4.30. The molecule has 5 rings (SSSR count). The molecule has 2 aliphatic carbocycles. The molecular formula is C23H26N2O2. The zero-order valence-corrected chi connectivity index (χ0v) is 15.5. The monoisotopic (exact) mass is 362 g/mol. The summed E-state index contributed by atoms with van der Waals surface area (Å²) >= 11 is 0. The van der Waals surface area contributed by atoms with Crippen molar-refractivity contribution in [2.24, 2.45) is 5.92 Å². The van der Waals surface area contributed by atoms with Crippen molar-refractivity contribution in [2.75, 3.05) is 0 Å². The van der Waals surface area contributed by atoms with Gasteiger partial charge in [-0.2, -0.15) is 0 Å². The zero-order chi connectivity index (χ0) is 18.4. The molecule has 2 aromatic heterocycles. The summed E-state index contributed by atoms with van der Waals surface area (Å²) in [7, 11) is 0. The van der Waals surface area contributed by atoms with Gasteiger partial charge < -0.3 is 14.6 Å². The van der Waals surface area contributed by atoms with Crippen molar-refractivity contribution in [1.29, 1.82) is 0 Å². The van der Waals surface area contributed by atoms with E-state index in [2.05, 4.69) is 21.5 Å². The van der Waals surface area contributed by atoms with Crippen LogP contribution in [0.15, 0.2) is 48.9 Å². The summed E-state index contributed by atoms with van der Waals surface area (Å²) in [5, 5.41) is 20.8. The van der Waals surface area contributed by atoms with Gasteiger partial charge in [0.05, 0.1) is 29.8 Å². The number of benzene rings is 1. The lowest BCUT2D eigenvalue weighted by Gasteiger charge is -2.33. The molecule has 0 spiro atoms. The third-order valence-corrected chi connectivity index (χ3v) is 6.54. The Morgan fingerprint density at radius 2 is 1.59 bits per heavy atom. The second kappa shape index (κ2) is 6.68. The molecule has 2 fully saturated rings. The number of aliphatic hydroxyl groups excluding tert-OH is 1. The van der Waals surface area contributed by atoms with Crippen LogP contribution in [0.2, 0.25) is 0 Å². The van der Waals surface area contributed by atoms with Gasteiger partial charge in [-0.25, -0.2) is 4.98 Å². The number of nitrogens with zero attached hydrogens (tertiary/aromatic N) is 2. The molecule has 1 aromatic carbocycles. The zero-order valence-electron chi connectivity index (χ0n) is 15.5. The second-order valence-corrected chi connectivity index (χ2v) is 8.28. The van der Waals surface area contributed by atoms with Crippen LogP contribution in [0.25, 0.3) is 5.52 Å². The molecule has 3 aromatic rings. The molecule has 0 aliphatic heterocycles. The lowest BCUT2D eigenvalue weighted by molar-refractivity contribution is 0.0754. The van der Waals surface area contributed by atoms with E-state index >= 15 is 0 Å². The fourth-order valence-corrected chi connectivity index (χ4v) is 4.82. The topological polar surface area (TPSA) is 57.8 Å². The van der Waals surface area contributed by atoms with Crippen molar-refractivity contribution in [3.05, 3.63) is 65.7 Å². The van der Waals surface area contributed by atoms with Crippen molar-refractivity contribution < 1.29 is 10.2 Å². The molecule has 0 unspecified atom stereocenters. The van der Waals surface area contributed by atoms with Gasteiger partial charge in [0.1, 0.15) is 5.75 Å². The van der Waals surface area contributed by atoms with Gasteiger partial charge in [-0.05, 0) is 85.6 Å². The Hall–Kier alpha value is -2.33. The highest BCUT2D eigenvalue weighted by Gasteiger charge is 2.34. The first kappa shape index (κ1) is 16.8. The van der Waals surface area contributed by atoms with Gasteiger partial charge in [0.2, 0.25) is 0 Å². The highest BCUT2D eigenvalue weighted by molar-refractivity contribution is 5.50. The Morgan fingerprint density at radius 1 is 0.889 bits per heavy atom. The van der Waals surface area contributed by atoms with Crippen LogP contribution >= 0.6 is 0 Å². The smallest absolute Gasteiger partial charge is 0.115 e. The molecule has 27 heavy (non-hydrogen) atoms. The minimum absolute atomic E-state index is 0.295. The summed E-state index contributed by atoms with van der Waals surface area (Å²) in [5.74, 6) is 1.75. The van der Waals surface area contributed by atoms with Gasteiger partial charge in [0, 0.05) is 0 Å². The molecule has 0 radical (unpaired) electrons. The summed E-state index contributed by atoms with van der Waals surface area (Å²) in [6.07, 6.45) is 9.98. The first-order chi connectivity index (χ1) is 13.2. The van der Waals surface area contributed by atoms with Crippen LogP contribution in [-0.4, -0.2) is 19.6 Å². The molecule has 4 heteroatoms. The van der Waals surface area contributed by atoms with E-state index in [0.717, 1.165) is 36.9 Å². The number of aliphatic hydroxyl groups is 1. The van der Waals surface area contributed by atoms with E-state index in [1.54, 1.807) is 12.1 Å². The van der Waals surface area contributed by atoms with E-state index in [-0.39, 0.29) is 0 Å². The predicted molar refractivity (Wildman–Crippen MR) is 105 cm³/mol. The van der Waals surface area contributed by atoms with Crippen LogP contribution in [0.4, 0.5) is 0 Å². The molecule has 2 N–H and O–H groups in total. The fourth-order valence-electron chi connectivity index (χ4n) is 4.82. The molecule has 4 nitrogen and oxygen atoms in total. The first-order valence-electron chi connectivity index (χ1n) is 10.1. The lowest BCUT2D eigenvalue weighted by atomic mass is 9.75. The number of imidazole rings is 1. The lowest BCUT2D eigenvalue weighted by Crippen LogP contribution is -2.22. The molecule has 0 saturated heterocycles. The third kappa shape index (κ3) is 3.12. The van der Waals surface area contributed by atoms with E-state index in [9.17, 15) is 10.2 Å². The van der Waals surface area contributed by atoms with Crippen LogP contribution in [-0.2, 0) is 0 Å². The van der Waals surface area contributed by atoms with E-state index < -0.39 is 6.10 Å². The van der Waals surface area contributed by atoms with E-state index in [4.69, 9.17) is 0 Å². The SMILES string of the molecule is Oc1ccc([C@H]2CC[C@H]([C@@H](O)c3c(C4CC4)ccc4cncn34)CC2)cc1. The number of fused-ring (bicyclic) bond motifs is 1. The number of phenols is 1. The normalized spacial score (nSPS) is 24.2. The first-order valence-corrected chi connectivity index (χ1v) is 10.1. The average molecular weight is 362 g/mol. The van der Waals surface area contributed by atoms with Gasteiger partial charge in [0.15, 0.2) is 0 Å². The quantitative estimate of drug-likeness (QED) is 0.692. The maximum absolute atomic E-state index is 11.3. The summed E-state index contributed by atoms with van der Waals surface area (Å²) in [6, 6.07) is 12.0. The van der Waals surface area contributed by atoms with E-state index in [1.165, 1.54) is 24.0 Å². The third-order valence-electron chi connectivity index (χ3n) is 6.54. The molecule has 0 bridgehead atoms. The van der Waals surface area contributed by atoms with Crippen molar-refractivity contribution in [2.45, 2.75) is 56.5 Å². The van der Waals surface area contributed by atoms with Crippen molar-refractivity contribution in [3.63, 3.8) is 0 Å². The minimum Gasteiger partial charge on any atom is -0.508 e. The molecule has 2 aliphatic rings. The highest BCUT2D eigenvalue weighted by atomic mass is 16.3. The molecule has 140 valence electrons. The minimum atomic E-state index is -0.431. The van der Waals surface area contributed by atoms with Crippen LogP contribution in [0.1, 0.15) is 73.3 Å². The predicted octanol–water partition coefficient (Wildman–Crippen LogP) is 4.92. The molecule has 1 atom stereocenters. The highest BCUT2D eigenvalue weighted by Crippen LogP contribution is 2.47. The maximum Gasteiger partial charge on any atom is 0.115 e. The fraction of sp³-hybridized carbons (Fsp3) is 0.435. The van der Waals surface area contributed by atoms with Crippen LogP contribution in [0.5, 0.6) is 5.75 Å². The summed E-state index contributed by atoms with van der Waals surface area (Å²) < 4.78 is 2.10. The maximum atomic E-state index is 11.3. The molecule has 2 heterocycles. The summed E-state index contributed by atoms with van der Waals surface area (Å²) in [5.41, 5.74) is 4.75. The number of hydrogen-bond donors (Lipinski definition) is 2. The van der Waals surface area contributed by atoms with Crippen molar-refractivity contribution >= 4 is 5.52 Å². The van der Waals surface area contributed by atoms with Crippen molar-refractivity contribution in [3.8, 4) is 5.75 Å². The van der Waals surface area contributed by atoms with Crippen LogP contribution in [0.3, 0.4) is 0 Å². The largest absolute Gasteiger partial charge is 0.508 e. The van der Waals surface area contributed by atoms with Gasteiger partial charge >= 0.3 is 0 Å². The Kier molecular flexibility index (Phi) is 4.16. The number of phenolic OH excluding ortho intramolecular Hbond substituents is 1. The Bertz CT molecular complexity index is 935. The molecule has 0 amide bonds. The standard InChI is InChI=1S/C23H26N2O2/c26-20-10-7-16(8-11-20)15-1-5-18(6-2-15)23(27)22-21(17-3-4-17)12-9-19-13-24-14-25(19)22/h7-15,17-18,23,26-27H,1-6H2/t15-,18-,23-/m1/s1.